The van der Waals surface area contributed by atoms with E-state index in [1.54, 1.807) is 0 Å². The number of hydrogen-bond acceptors (Lipinski definition) is 3. The Bertz CT molecular complexity index is 442. The number of nitrogens with two attached hydrogens (primary N) is 1. The van der Waals surface area contributed by atoms with E-state index in [4.69, 9.17) is 15.2 Å². The average molecular weight is 249 g/mol. The fourth-order valence-corrected chi connectivity index (χ4v) is 1.86. The van der Waals surface area contributed by atoms with Crippen molar-refractivity contribution in [1.29, 1.82) is 0 Å². The molecule has 0 unspecified atom stereocenters. The lowest BCUT2D eigenvalue weighted by molar-refractivity contribution is 0.174. The number of hydrogen-bond donors (Lipinski definition) is 1. The number of ether oxygens (including phenoxy) is 2. The van der Waals surface area contributed by atoms with Gasteiger partial charge in [-0.3, -0.25) is 0 Å². The van der Waals surface area contributed by atoms with Gasteiger partial charge in [-0.15, -0.1) is 0 Å². The lowest BCUT2D eigenvalue weighted by Gasteiger charge is -2.19. The van der Waals surface area contributed by atoms with E-state index in [0.717, 1.165) is 30.2 Å². The second-order valence-corrected chi connectivity index (χ2v) is 4.03. The van der Waals surface area contributed by atoms with Gasteiger partial charge in [0.25, 0.3) is 0 Å². The summed E-state index contributed by atoms with van der Waals surface area (Å²) in [5.41, 5.74) is 6.98. The highest BCUT2D eigenvalue weighted by atomic mass is 16.7. The summed E-state index contributed by atoms with van der Waals surface area (Å²) in [4.78, 5) is 6.41. The van der Waals surface area contributed by atoms with Gasteiger partial charge in [-0.25, -0.2) is 4.99 Å². The van der Waals surface area contributed by atoms with Crippen LogP contribution in [-0.4, -0.2) is 30.7 Å². The van der Waals surface area contributed by atoms with Crippen LogP contribution in [0.3, 0.4) is 0 Å². The van der Waals surface area contributed by atoms with Crippen molar-refractivity contribution in [2.75, 3.05) is 19.9 Å². The molecule has 2 N–H and O–H groups in total. The van der Waals surface area contributed by atoms with Crippen molar-refractivity contribution in [3.63, 3.8) is 0 Å². The predicted octanol–water partition coefficient (Wildman–Crippen LogP) is 1.57. The average Bonchev–Trinajstić information content (AvgIpc) is 2.85. The van der Waals surface area contributed by atoms with E-state index >= 15 is 0 Å². The van der Waals surface area contributed by atoms with Gasteiger partial charge in [-0.2, -0.15) is 0 Å². The van der Waals surface area contributed by atoms with Crippen LogP contribution in [-0.2, 0) is 6.54 Å². The highest BCUT2D eigenvalue weighted by Gasteiger charge is 2.13. The summed E-state index contributed by atoms with van der Waals surface area (Å²) in [7, 11) is 0. The fraction of sp³-hybridized carbons (Fsp3) is 0.462. The molecule has 0 atom stereocenters. The van der Waals surface area contributed by atoms with Crippen molar-refractivity contribution in [3.05, 3.63) is 23.8 Å². The van der Waals surface area contributed by atoms with E-state index in [1.165, 1.54) is 0 Å². The van der Waals surface area contributed by atoms with Crippen molar-refractivity contribution >= 4 is 5.96 Å². The van der Waals surface area contributed by atoms with Crippen LogP contribution >= 0.6 is 0 Å². The molecule has 0 amide bonds. The minimum absolute atomic E-state index is 0.295. The molecule has 0 bridgehead atoms. The van der Waals surface area contributed by atoms with Gasteiger partial charge in [0, 0.05) is 13.1 Å². The number of aliphatic imine (C=N–C) groups is 1. The Morgan fingerprint density at radius 3 is 2.72 bits per heavy atom. The molecule has 1 aromatic rings. The van der Waals surface area contributed by atoms with E-state index in [1.807, 2.05) is 23.1 Å². The molecule has 1 aliphatic heterocycles. The SMILES string of the molecule is CCN(CC)C(N)=NCc1ccc2c(c1)OCO2. The van der Waals surface area contributed by atoms with Gasteiger partial charge in [0.2, 0.25) is 6.79 Å². The van der Waals surface area contributed by atoms with E-state index in [-0.39, 0.29) is 0 Å². The van der Waals surface area contributed by atoms with E-state index in [0.29, 0.717) is 19.3 Å². The lowest BCUT2D eigenvalue weighted by Crippen LogP contribution is -2.37. The Hall–Kier alpha value is -1.91. The number of rotatable bonds is 4. The van der Waals surface area contributed by atoms with Crippen molar-refractivity contribution in [2.24, 2.45) is 10.7 Å². The molecular weight excluding hydrogens is 230 g/mol. The highest BCUT2D eigenvalue weighted by Crippen LogP contribution is 2.32. The summed E-state index contributed by atoms with van der Waals surface area (Å²) in [5.74, 6) is 2.15. The molecule has 2 rings (SSSR count). The summed E-state index contributed by atoms with van der Waals surface area (Å²) in [6.45, 7) is 6.71. The molecule has 0 fully saturated rings. The second kappa shape index (κ2) is 5.62. The molecule has 1 aliphatic rings. The maximum Gasteiger partial charge on any atom is 0.231 e. The molecular formula is C13H19N3O2. The van der Waals surface area contributed by atoms with Gasteiger partial charge < -0.3 is 20.1 Å². The largest absolute Gasteiger partial charge is 0.454 e. The molecule has 0 aromatic heterocycles. The highest BCUT2D eigenvalue weighted by molar-refractivity contribution is 5.78. The maximum absolute atomic E-state index is 5.92. The van der Waals surface area contributed by atoms with Crippen molar-refractivity contribution < 1.29 is 9.47 Å². The minimum atomic E-state index is 0.295. The Balaban J connectivity index is 2.03. The van der Waals surface area contributed by atoms with Gasteiger partial charge in [-0.1, -0.05) is 6.07 Å². The normalized spacial score (nSPS) is 13.8. The third-order valence-corrected chi connectivity index (χ3v) is 2.95. The monoisotopic (exact) mass is 249 g/mol. The Labute approximate surface area is 107 Å². The molecule has 0 saturated carbocycles. The Kier molecular flexibility index (Phi) is 3.92. The van der Waals surface area contributed by atoms with Crippen LogP contribution in [0.1, 0.15) is 19.4 Å². The topological polar surface area (TPSA) is 60.1 Å². The third kappa shape index (κ3) is 2.67. The first-order chi connectivity index (χ1) is 8.74. The predicted molar refractivity (Wildman–Crippen MR) is 70.8 cm³/mol. The summed E-state index contributed by atoms with van der Waals surface area (Å²) < 4.78 is 10.6. The van der Waals surface area contributed by atoms with Crippen LogP contribution in [0.5, 0.6) is 11.5 Å². The first-order valence-corrected chi connectivity index (χ1v) is 6.18. The van der Waals surface area contributed by atoms with Gasteiger partial charge in [0.05, 0.1) is 6.54 Å². The quantitative estimate of drug-likeness (QED) is 0.650. The van der Waals surface area contributed by atoms with Crippen LogP contribution in [0.25, 0.3) is 0 Å². The van der Waals surface area contributed by atoms with Crippen LogP contribution in [0.2, 0.25) is 0 Å². The first-order valence-electron chi connectivity index (χ1n) is 6.18. The standard InChI is InChI=1S/C13H19N3O2/c1-3-16(4-2)13(14)15-8-10-5-6-11-12(7-10)18-9-17-11/h5-7H,3-4,8-9H2,1-2H3,(H2,14,15). The molecule has 0 spiro atoms. The van der Waals surface area contributed by atoms with Crippen LogP contribution in [0, 0.1) is 0 Å². The third-order valence-electron chi connectivity index (χ3n) is 2.95. The molecule has 0 radical (unpaired) electrons. The zero-order valence-electron chi connectivity index (χ0n) is 10.8. The van der Waals surface area contributed by atoms with E-state index in [9.17, 15) is 0 Å². The number of benzene rings is 1. The van der Waals surface area contributed by atoms with Crippen molar-refractivity contribution in [1.82, 2.24) is 4.90 Å². The van der Waals surface area contributed by atoms with Gasteiger partial charge in [-0.05, 0) is 31.5 Å². The minimum Gasteiger partial charge on any atom is -0.454 e. The number of nitrogens with zero attached hydrogens (tertiary/aromatic N) is 2. The van der Waals surface area contributed by atoms with Crippen LogP contribution < -0.4 is 15.2 Å². The fourth-order valence-electron chi connectivity index (χ4n) is 1.86. The molecule has 5 heteroatoms. The second-order valence-electron chi connectivity index (χ2n) is 4.03. The Morgan fingerprint density at radius 2 is 2.00 bits per heavy atom. The molecule has 1 aromatic carbocycles. The molecule has 98 valence electrons. The smallest absolute Gasteiger partial charge is 0.231 e. The molecule has 0 saturated heterocycles. The van der Waals surface area contributed by atoms with E-state index in [2.05, 4.69) is 18.8 Å². The zero-order valence-corrected chi connectivity index (χ0v) is 10.8. The summed E-state index contributed by atoms with van der Waals surface area (Å²) >= 11 is 0. The summed E-state index contributed by atoms with van der Waals surface area (Å²) in [5, 5.41) is 0. The Morgan fingerprint density at radius 1 is 1.28 bits per heavy atom. The van der Waals surface area contributed by atoms with Gasteiger partial charge in [0.15, 0.2) is 17.5 Å². The molecule has 1 heterocycles. The molecule has 18 heavy (non-hydrogen) atoms. The van der Waals surface area contributed by atoms with Gasteiger partial charge >= 0.3 is 0 Å². The number of guanidine groups is 1. The summed E-state index contributed by atoms with van der Waals surface area (Å²) in [6, 6.07) is 5.83. The van der Waals surface area contributed by atoms with Crippen molar-refractivity contribution in [2.45, 2.75) is 20.4 Å². The number of fused-ring (bicyclic) bond motifs is 1. The van der Waals surface area contributed by atoms with Crippen molar-refractivity contribution in [3.8, 4) is 11.5 Å². The van der Waals surface area contributed by atoms with Crippen LogP contribution in [0.4, 0.5) is 0 Å². The first kappa shape index (κ1) is 12.5. The van der Waals surface area contributed by atoms with E-state index < -0.39 is 0 Å². The summed E-state index contributed by atoms with van der Waals surface area (Å²) in [6.07, 6.45) is 0. The molecule has 5 nitrogen and oxygen atoms in total. The lowest BCUT2D eigenvalue weighted by atomic mass is 10.2. The van der Waals surface area contributed by atoms with Gasteiger partial charge in [0.1, 0.15) is 0 Å². The molecule has 0 aliphatic carbocycles. The van der Waals surface area contributed by atoms with Crippen LogP contribution in [0.15, 0.2) is 23.2 Å². The zero-order chi connectivity index (χ0) is 13.0. The maximum atomic E-state index is 5.92.